The molecule has 0 aromatic heterocycles. The van der Waals surface area contributed by atoms with Gasteiger partial charge in [-0.1, -0.05) is 23.7 Å². The number of benzene rings is 2. The van der Waals surface area contributed by atoms with Gasteiger partial charge < -0.3 is 14.2 Å². The van der Waals surface area contributed by atoms with Crippen molar-refractivity contribution in [3.05, 3.63) is 57.6 Å². The van der Waals surface area contributed by atoms with Gasteiger partial charge in [-0.25, -0.2) is 0 Å². The monoisotopic (exact) mass is 337 g/mol. The zero-order chi connectivity index (χ0) is 16.7. The number of nitro groups is 1. The third kappa shape index (κ3) is 4.75. The summed E-state index contributed by atoms with van der Waals surface area (Å²) in [5, 5.41) is 10.8. The van der Waals surface area contributed by atoms with Gasteiger partial charge in [-0.2, -0.15) is 0 Å². The third-order valence-electron chi connectivity index (χ3n) is 2.87. The van der Waals surface area contributed by atoms with Gasteiger partial charge >= 0.3 is 0 Å². The van der Waals surface area contributed by atoms with Crippen LogP contribution in [0.3, 0.4) is 0 Å². The van der Waals surface area contributed by atoms with Crippen LogP contribution in [0.2, 0.25) is 5.02 Å². The van der Waals surface area contributed by atoms with Crippen LogP contribution in [-0.2, 0) is 0 Å². The number of ether oxygens (including phenoxy) is 3. The molecule has 6 nitrogen and oxygen atoms in total. The van der Waals surface area contributed by atoms with Crippen LogP contribution in [0, 0.1) is 10.1 Å². The molecule has 0 aliphatic rings. The SMILES string of the molecule is CCOc1ccccc1OCCOc1ccc([N+](=O)[O-])cc1Cl. The van der Waals surface area contributed by atoms with E-state index in [0.29, 0.717) is 23.9 Å². The van der Waals surface area contributed by atoms with Crippen LogP contribution in [0.5, 0.6) is 17.2 Å². The number of rotatable bonds is 8. The van der Waals surface area contributed by atoms with E-state index in [4.69, 9.17) is 25.8 Å². The fraction of sp³-hybridized carbons (Fsp3) is 0.250. The lowest BCUT2D eigenvalue weighted by molar-refractivity contribution is -0.384. The molecule has 0 saturated carbocycles. The molecule has 0 atom stereocenters. The topological polar surface area (TPSA) is 70.8 Å². The van der Waals surface area contributed by atoms with Gasteiger partial charge in [0.15, 0.2) is 11.5 Å². The standard InChI is InChI=1S/C16H16ClNO5/c1-2-21-15-5-3-4-6-16(15)23-10-9-22-14-8-7-12(18(19)20)11-13(14)17/h3-8,11H,2,9-10H2,1H3. The highest BCUT2D eigenvalue weighted by atomic mass is 35.5. The molecule has 0 heterocycles. The van der Waals surface area contributed by atoms with Crippen LogP contribution < -0.4 is 14.2 Å². The van der Waals surface area contributed by atoms with Gasteiger partial charge in [0.1, 0.15) is 19.0 Å². The Labute approximate surface area is 138 Å². The predicted octanol–water partition coefficient (Wildman–Crippen LogP) is 4.10. The van der Waals surface area contributed by atoms with Crippen molar-refractivity contribution in [1.82, 2.24) is 0 Å². The van der Waals surface area contributed by atoms with Crippen LogP contribution in [0.15, 0.2) is 42.5 Å². The summed E-state index contributed by atoms with van der Waals surface area (Å²) >= 11 is 5.95. The number of hydrogen-bond acceptors (Lipinski definition) is 5. The lowest BCUT2D eigenvalue weighted by Crippen LogP contribution is -2.10. The molecule has 0 fully saturated rings. The zero-order valence-corrected chi connectivity index (χ0v) is 13.3. The first-order chi connectivity index (χ1) is 11.1. The van der Waals surface area contributed by atoms with Crippen LogP contribution >= 0.6 is 11.6 Å². The molecule has 23 heavy (non-hydrogen) atoms. The summed E-state index contributed by atoms with van der Waals surface area (Å²) in [6.07, 6.45) is 0. The Morgan fingerprint density at radius 3 is 2.17 bits per heavy atom. The Balaban J connectivity index is 1.87. The number of hydrogen-bond donors (Lipinski definition) is 0. The number of non-ortho nitro benzene ring substituents is 1. The van der Waals surface area contributed by atoms with E-state index >= 15 is 0 Å². The van der Waals surface area contributed by atoms with Crippen molar-refractivity contribution in [2.24, 2.45) is 0 Å². The van der Waals surface area contributed by atoms with Gasteiger partial charge in [0.25, 0.3) is 5.69 Å². The summed E-state index contributed by atoms with van der Waals surface area (Å²) in [6.45, 7) is 2.99. The summed E-state index contributed by atoms with van der Waals surface area (Å²) < 4.78 is 16.5. The van der Waals surface area contributed by atoms with Crippen LogP contribution in [0.1, 0.15) is 6.92 Å². The Hall–Kier alpha value is -2.47. The molecule has 2 aromatic carbocycles. The first-order valence-electron chi connectivity index (χ1n) is 7.03. The Bertz CT molecular complexity index is 677. The fourth-order valence-corrected chi connectivity index (χ4v) is 2.10. The molecule has 2 aromatic rings. The van der Waals surface area contributed by atoms with E-state index < -0.39 is 4.92 Å². The first-order valence-corrected chi connectivity index (χ1v) is 7.41. The van der Waals surface area contributed by atoms with Crippen molar-refractivity contribution in [2.45, 2.75) is 6.92 Å². The molecule has 0 aliphatic heterocycles. The maximum Gasteiger partial charge on any atom is 0.271 e. The lowest BCUT2D eigenvalue weighted by Gasteiger charge is -2.12. The Kier molecular flexibility index (Phi) is 6.05. The molecule has 0 amide bonds. The predicted molar refractivity (Wildman–Crippen MR) is 86.7 cm³/mol. The zero-order valence-electron chi connectivity index (χ0n) is 12.5. The Morgan fingerprint density at radius 1 is 1.00 bits per heavy atom. The van der Waals surface area contributed by atoms with E-state index in [9.17, 15) is 10.1 Å². The van der Waals surface area contributed by atoms with Crippen molar-refractivity contribution in [1.29, 1.82) is 0 Å². The molecule has 0 N–H and O–H groups in total. The van der Waals surface area contributed by atoms with Crippen molar-refractivity contribution in [3.8, 4) is 17.2 Å². The smallest absolute Gasteiger partial charge is 0.271 e. The van der Waals surface area contributed by atoms with Crippen molar-refractivity contribution < 1.29 is 19.1 Å². The lowest BCUT2D eigenvalue weighted by atomic mass is 10.3. The van der Waals surface area contributed by atoms with E-state index in [2.05, 4.69) is 0 Å². The van der Waals surface area contributed by atoms with Crippen LogP contribution in [-0.4, -0.2) is 24.7 Å². The number of para-hydroxylation sites is 2. The number of nitrogens with zero attached hydrogens (tertiary/aromatic N) is 1. The number of halogens is 1. The summed E-state index contributed by atoms with van der Waals surface area (Å²) in [4.78, 5) is 10.1. The van der Waals surface area contributed by atoms with E-state index in [1.165, 1.54) is 18.2 Å². The minimum Gasteiger partial charge on any atom is -0.490 e. The largest absolute Gasteiger partial charge is 0.490 e. The molecule has 0 radical (unpaired) electrons. The molecule has 0 spiro atoms. The molecule has 0 saturated heterocycles. The maximum absolute atomic E-state index is 10.6. The minimum atomic E-state index is -0.510. The normalized spacial score (nSPS) is 10.2. The van der Waals surface area contributed by atoms with Gasteiger partial charge in [0.05, 0.1) is 16.6 Å². The second-order valence-electron chi connectivity index (χ2n) is 4.45. The molecule has 0 bridgehead atoms. The quantitative estimate of drug-likeness (QED) is 0.412. The average molecular weight is 338 g/mol. The fourth-order valence-electron chi connectivity index (χ4n) is 1.87. The highest BCUT2D eigenvalue weighted by Crippen LogP contribution is 2.29. The second-order valence-corrected chi connectivity index (χ2v) is 4.86. The van der Waals surface area contributed by atoms with Crippen molar-refractivity contribution >= 4 is 17.3 Å². The first kappa shape index (κ1) is 16.9. The highest BCUT2D eigenvalue weighted by Gasteiger charge is 2.10. The summed E-state index contributed by atoms with van der Waals surface area (Å²) in [5.41, 5.74) is -0.0794. The number of nitro benzene ring substituents is 1. The highest BCUT2D eigenvalue weighted by molar-refractivity contribution is 6.32. The Morgan fingerprint density at radius 2 is 1.61 bits per heavy atom. The van der Waals surface area contributed by atoms with Crippen molar-refractivity contribution in [2.75, 3.05) is 19.8 Å². The van der Waals surface area contributed by atoms with Crippen LogP contribution in [0.25, 0.3) is 0 Å². The second kappa shape index (κ2) is 8.24. The maximum atomic E-state index is 10.6. The van der Waals surface area contributed by atoms with E-state index in [1.807, 2.05) is 31.2 Å². The molecular formula is C16H16ClNO5. The summed E-state index contributed by atoms with van der Waals surface area (Å²) in [7, 11) is 0. The minimum absolute atomic E-state index is 0.0794. The molecule has 0 unspecified atom stereocenters. The molecule has 2 rings (SSSR count). The van der Waals surface area contributed by atoms with E-state index in [-0.39, 0.29) is 23.9 Å². The van der Waals surface area contributed by atoms with Crippen LogP contribution in [0.4, 0.5) is 5.69 Å². The van der Waals surface area contributed by atoms with Gasteiger partial charge in [0, 0.05) is 12.1 Å². The summed E-state index contributed by atoms with van der Waals surface area (Å²) in [5.74, 6) is 1.68. The van der Waals surface area contributed by atoms with Crippen molar-refractivity contribution in [3.63, 3.8) is 0 Å². The molecule has 7 heteroatoms. The van der Waals surface area contributed by atoms with Gasteiger partial charge in [-0.15, -0.1) is 0 Å². The molecule has 0 aliphatic carbocycles. The molecular weight excluding hydrogens is 322 g/mol. The summed E-state index contributed by atoms with van der Waals surface area (Å²) in [6, 6.07) is 11.4. The third-order valence-corrected chi connectivity index (χ3v) is 3.17. The van der Waals surface area contributed by atoms with E-state index in [1.54, 1.807) is 0 Å². The molecule has 122 valence electrons. The van der Waals surface area contributed by atoms with E-state index in [0.717, 1.165) is 0 Å². The average Bonchev–Trinajstić information content (AvgIpc) is 2.54. The van der Waals surface area contributed by atoms with Gasteiger partial charge in [-0.3, -0.25) is 10.1 Å². The van der Waals surface area contributed by atoms with Gasteiger partial charge in [-0.05, 0) is 25.1 Å². The van der Waals surface area contributed by atoms with Gasteiger partial charge in [0.2, 0.25) is 0 Å².